The molecule has 1 saturated carbocycles. The maximum absolute atomic E-state index is 11.8. The minimum Gasteiger partial charge on any atom is -0.495 e. The SMILES string of the molecule is COc1ccc(SC2CCCCC2=O)c(Cl)c1Cl. The molecule has 0 saturated heterocycles. The first kappa shape index (κ1) is 14.0. The van der Waals surface area contributed by atoms with Gasteiger partial charge in [-0.05, 0) is 25.0 Å². The van der Waals surface area contributed by atoms with Crippen LogP contribution in [0.15, 0.2) is 17.0 Å². The molecule has 0 amide bonds. The number of thioether (sulfide) groups is 1. The van der Waals surface area contributed by atoms with Gasteiger partial charge in [-0.15, -0.1) is 11.8 Å². The smallest absolute Gasteiger partial charge is 0.146 e. The van der Waals surface area contributed by atoms with Crippen LogP contribution in [0.5, 0.6) is 5.75 Å². The van der Waals surface area contributed by atoms with Gasteiger partial charge in [-0.2, -0.15) is 0 Å². The molecule has 98 valence electrons. The maximum atomic E-state index is 11.8. The zero-order valence-corrected chi connectivity index (χ0v) is 12.4. The van der Waals surface area contributed by atoms with E-state index in [1.165, 1.54) is 11.8 Å². The molecule has 1 aromatic carbocycles. The van der Waals surface area contributed by atoms with Gasteiger partial charge in [-0.25, -0.2) is 0 Å². The van der Waals surface area contributed by atoms with Gasteiger partial charge in [-0.1, -0.05) is 29.6 Å². The number of hydrogen-bond acceptors (Lipinski definition) is 3. The van der Waals surface area contributed by atoms with Crippen molar-refractivity contribution in [3.8, 4) is 5.75 Å². The summed E-state index contributed by atoms with van der Waals surface area (Å²) in [5.41, 5.74) is 0. The number of halogens is 2. The monoisotopic (exact) mass is 304 g/mol. The van der Waals surface area contributed by atoms with Gasteiger partial charge in [0, 0.05) is 11.3 Å². The number of methoxy groups -OCH3 is 1. The first-order valence-corrected chi connectivity index (χ1v) is 7.48. The number of benzene rings is 1. The molecule has 0 spiro atoms. The lowest BCUT2D eigenvalue weighted by Gasteiger charge is -2.20. The third-order valence-electron chi connectivity index (χ3n) is 3.00. The molecule has 5 heteroatoms. The summed E-state index contributed by atoms with van der Waals surface area (Å²) in [5.74, 6) is 0.871. The van der Waals surface area contributed by atoms with E-state index in [2.05, 4.69) is 0 Å². The van der Waals surface area contributed by atoms with E-state index in [1.54, 1.807) is 13.2 Å². The van der Waals surface area contributed by atoms with Crippen LogP contribution in [0.1, 0.15) is 25.7 Å². The standard InChI is InChI=1S/C13H14Cl2O2S/c1-17-9-6-7-11(13(15)12(9)14)18-10-5-3-2-4-8(10)16/h6-7,10H,2-5H2,1H3. The van der Waals surface area contributed by atoms with Crippen molar-refractivity contribution in [3.63, 3.8) is 0 Å². The molecule has 1 atom stereocenters. The Labute approximate surface area is 121 Å². The second-order valence-corrected chi connectivity index (χ2v) is 6.21. The Bertz CT molecular complexity index is 463. The van der Waals surface area contributed by atoms with Gasteiger partial charge in [-0.3, -0.25) is 4.79 Å². The van der Waals surface area contributed by atoms with Crippen LogP contribution in [-0.2, 0) is 4.79 Å². The Morgan fingerprint density at radius 1 is 1.28 bits per heavy atom. The van der Waals surface area contributed by atoms with E-state index in [-0.39, 0.29) is 5.25 Å². The Hall–Kier alpha value is -0.380. The molecule has 0 N–H and O–H groups in total. The fraction of sp³-hybridized carbons (Fsp3) is 0.462. The van der Waals surface area contributed by atoms with Crippen molar-refractivity contribution in [2.75, 3.05) is 7.11 Å². The van der Waals surface area contributed by atoms with E-state index < -0.39 is 0 Å². The third-order valence-corrected chi connectivity index (χ3v) is 5.35. The largest absolute Gasteiger partial charge is 0.495 e. The molecule has 0 aliphatic heterocycles. The van der Waals surface area contributed by atoms with E-state index in [9.17, 15) is 4.79 Å². The normalized spacial score (nSPS) is 19.9. The molecule has 2 nitrogen and oxygen atoms in total. The molecule has 18 heavy (non-hydrogen) atoms. The molecule has 0 bridgehead atoms. The summed E-state index contributed by atoms with van der Waals surface area (Å²) in [6.07, 6.45) is 3.71. The van der Waals surface area contributed by atoms with Crippen LogP contribution >= 0.6 is 35.0 Å². The van der Waals surface area contributed by atoms with Crippen molar-refractivity contribution in [2.24, 2.45) is 0 Å². The lowest BCUT2D eigenvalue weighted by molar-refractivity contribution is -0.119. The number of carbonyl (C=O) groups excluding carboxylic acids is 1. The van der Waals surface area contributed by atoms with Crippen LogP contribution in [-0.4, -0.2) is 18.1 Å². The first-order valence-electron chi connectivity index (χ1n) is 5.85. The topological polar surface area (TPSA) is 26.3 Å². The molecule has 2 rings (SSSR count). The molecular weight excluding hydrogens is 291 g/mol. The van der Waals surface area contributed by atoms with E-state index in [4.69, 9.17) is 27.9 Å². The number of rotatable bonds is 3. The highest BCUT2D eigenvalue weighted by Gasteiger charge is 2.24. The van der Waals surface area contributed by atoms with Crippen LogP contribution in [0.4, 0.5) is 0 Å². The van der Waals surface area contributed by atoms with Gasteiger partial charge >= 0.3 is 0 Å². The minimum atomic E-state index is 0.0145. The van der Waals surface area contributed by atoms with E-state index in [0.29, 0.717) is 28.0 Å². The number of carbonyl (C=O) groups is 1. The van der Waals surface area contributed by atoms with Crippen molar-refractivity contribution in [3.05, 3.63) is 22.2 Å². The second-order valence-electron chi connectivity index (χ2n) is 4.21. The van der Waals surface area contributed by atoms with Gasteiger partial charge in [0.25, 0.3) is 0 Å². The van der Waals surface area contributed by atoms with Crippen LogP contribution < -0.4 is 4.74 Å². The summed E-state index contributed by atoms with van der Waals surface area (Å²) in [5, 5.41) is 0.896. The van der Waals surface area contributed by atoms with Crippen molar-refractivity contribution in [2.45, 2.75) is 35.8 Å². The Morgan fingerprint density at radius 2 is 2.06 bits per heavy atom. The van der Waals surface area contributed by atoms with E-state index >= 15 is 0 Å². The summed E-state index contributed by atoms with van der Waals surface area (Å²) >= 11 is 13.8. The molecule has 1 aromatic rings. The molecule has 0 heterocycles. The third kappa shape index (κ3) is 2.95. The summed E-state index contributed by atoms with van der Waals surface area (Å²) < 4.78 is 5.10. The van der Waals surface area contributed by atoms with Gasteiger partial charge in [0.15, 0.2) is 0 Å². The van der Waals surface area contributed by atoms with E-state index in [0.717, 1.165) is 24.2 Å². The average molecular weight is 305 g/mol. The number of hydrogen-bond donors (Lipinski definition) is 0. The predicted octanol–water partition coefficient (Wildman–Crippen LogP) is 4.61. The Kier molecular flexibility index (Phi) is 4.82. The number of ketones is 1. The Balaban J connectivity index is 2.19. The second kappa shape index (κ2) is 6.18. The van der Waals surface area contributed by atoms with Crippen molar-refractivity contribution < 1.29 is 9.53 Å². The summed E-state index contributed by atoms with van der Waals surface area (Å²) in [6, 6.07) is 3.64. The summed E-state index contributed by atoms with van der Waals surface area (Å²) in [6.45, 7) is 0. The average Bonchev–Trinajstić information content (AvgIpc) is 2.38. The van der Waals surface area contributed by atoms with Crippen molar-refractivity contribution >= 4 is 40.7 Å². The minimum absolute atomic E-state index is 0.0145. The van der Waals surface area contributed by atoms with Gasteiger partial charge in [0.2, 0.25) is 0 Å². The molecular formula is C13H14Cl2O2S. The number of ether oxygens (including phenoxy) is 1. The van der Waals surface area contributed by atoms with Crippen LogP contribution in [0.2, 0.25) is 10.0 Å². The first-order chi connectivity index (χ1) is 8.63. The zero-order chi connectivity index (χ0) is 13.1. The summed E-state index contributed by atoms with van der Waals surface area (Å²) in [7, 11) is 1.55. The molecule has 1 fully saturated rings. The Morgan fingerprint density at radius 3 is 2.72 bits per heavy atom. The zero-order valence-electron chi connectivity index (χ0n) is 10.0. The highest BCUT2D eigenvalue weighted by molar-refractivity contribution is 8.00. The molecule has 0 aromatic heterocycles. The maximum Gasteiger partial charge on any atom is 0.146 e. The van der Waals surface area contributed by atoms with Crippen molar-refractivity contribution in [1.29, 1.82) is 0 Å². The quantitative estimate of drug-likeness (QED) is 0.816. The highest BCUT2D eigenvalue weighted by Crippen LogP contribution is 2.42. The van der Waals surface area contributed by atoms with Crippen molar-refractivity contribution in [1.82, 2.24) is 0 Å². The van der Waals surface area contributed by atoms with Gasteiger partial charge < -0.3 is 4.74 Å². The van der Waals surface area contributed by atoms with Crippen LogP contribution in [0, 0.1) is 0 Å². The fourth-order valence-corrected chi connectivity index (χ4v) is 3.77. The highest BCUT2D eigenvalue weighted by atomic mass is 35.5. The fourth-order valence-electron chi connectivity index (χ4n) is 1.99. The summed E-state index contributed by atoms with van der Waals surface area (Å²) in [4.78, 5) is 12.6. The molecule has 0 radical (unpaired) electrons. The number of Topliss-reactive ketones (excluding diaryl/α,β-unsaturated/α-hetero) is 1. The molecule has 1 aliphatic carbocycles. The molecule has 1 aliphatic rings. The van der Waals surface area contributed by atoms with Gasteiger partial charge in [0.05, 0.1) is 17.4 Å². The van der Waals surface area contributed by atoms with Crippen LogP contribution in [0.25, 0.3) is 0 Å². The lowest BCUT2D eigenvalue weighted by atomic mass is 9.99. The van der Waals surface area contributed by atoms with Crippen LogP contribution in [0.3, 0.4) is 0 Å². The van der Waals surface area contributed by atoms with Gasteiger partial charge in [0.1, 0.15) is 16.6 Å². The lowest BCUT2D eigenvalue weighted by Crippen LogP contribution is -2.21. The predicted molar refractivity (Wildman–Crippen MR) is 76.1 cm³/mol. The van der Waals surface area contributed by atoms with E-state index in [1.807, 2.05) is 6.07 Å². The molecule has 1 unspecified atom stereocenters.